The summed E-state index contributed by atoms with van der Waals surface area (Å²) in [4.78, 5) is 10.9. The van der Waals surface area contributed by atoms with Crippen LogP contribution in [0.1, 0.15) is 30.1 Å². The van der Waals surface area contributed by atoms with Crippen LogP contribution in [0.4, 0.5) is 4.39 Å². The average Bonchev–Trinajstić information content (AvgIpc) is 2.18. The van der Waals surface area contributed by atoms with E-state index in [1.165, 1.54) is 6.92 Å². The second-order valence-corrected chi connectivity index (χ2v) is 3.37. The number of nitrogens with two attached hydrogens (primary N) is 1. The van der Waals surface area contributed by atoms with Crippen molar-refractivity contribution < 1.29 is 14.3 Å². The Morgan fingerprint density at radius 3 is 2.40 bits per heavy atom. The number of rotatable bonds is 4. The van der Waals surface area contributed by atoms with Crippen molar-refractivity contribution in [2.75, 3.05) is 6.54 Å². The number of hydrogen-bond donors (Lipinski definition) is 2. The van der Waals surface area contributed by atoms with Crippen LogP contribution in [-0.2, 0) is 4.79 Å². The zero-order valence-corrected chi connectivity index (χ0v) is 8.48. The molecule has 0 saturated heterocycles. The third-order valence-corrected chi connectivity index (χ3v) is 2.33. The molecule has 0 spiro atoms. The second kappa shape index (κ2) is 4.89. The molecule has 15 heavy (non-hydrogen) atoms. The van der Waals surface area contributed by atoms with Gasteiger partial charge in [-0.2, -0.15) is 0 Å². The third-order valence-electron chi connectivity index (χ3n) is 2.33. The largest absolute Gasteiger partial charge is 0.481 e. The van der Waals surface area contributed by atoms with Gasteiger partial charge in [0.25, 0.3) is 0 Å². The molecular weight excluding hydrogens is 197 g/mol. The van der Waals surface area contributed by atoms with Gasteiger partial charge >= 0.3 is 5.97 Å². The van der Waals surface area contributed by atoms with E-state index < -0.39 is 18.1 Å². The molecule has 0 aliphatic carbocycles. The highest BCUT2D eigenvalue weighted by atomic mass is 19.1. The molecule has 1 rings (SSSR count). The van der Waals surface area contributed by atoms with Crippen LogP contribution in [0.3, 0.4) is 0 Å². The normalized spacial score (nSPS) is 14.6. The van der Waals surface area contributed by atoms with Crippen molar-refractivity contribution in [2.24, 2.45) is 5.73 Å². The van der Waals surface area contributed by atoms with Crippen LogP contribution in [0.2, 0.25) is 0 Å². The van der Waals surface area contributed by atoms with Gasteiger partial charge in [0, 0.05) is 6.54 Å². The standard InChI is InChI=1S/C11H14FNO2/c1-7(12)8-4-2-3-5-9(8)10(6-13)11(14)15/h2-5,7,10H,6,13H2,1H3,(H,14,15). The van der Waals surface area contributed by atoms with Crippen LogP contribution >= 0.6 is 0 Å². The van der Waals surface area contributed by atoms with E-state index >= 15 is 0 Å². The molecule has 1 aromatic carbocycles. The Morgan fingerprint density at radius 1 is 1.47 bits per heavy atom. The van der Waals surface area contributed by atoms with Crippen LogP contribution < -0.4 is 5.73 Å². The lowest BCUT2D eigenvalue weighted by Gasteiger charge is -2.15. The van der Waals surface area contributed by atoms with Crippen LogP contribution in [-0.4, -0.2) is 17.6 Å². The van der Waals surface area contributed by atoms with Gasteiger partial charge in [0.15, 0.2) is 0 Å². The summed E-state index contributed by atoms with van der Waals surface area (Å²) in [5.74, 6) is -1.86. The maximum Gasteiger partial charge on any atom is 0.312 e. The predicted molar refractivity (Wildman–Crippen MR) is 55.4 cm³/mol. The summed E-state index contributed by atoms with van der Waals surface area (Å²) in [5, 5.41) is 8.93. The maximum atomic E-state index is 13.2. The Bertz CT molecular complexity index is 352. The number of alkyl halides is 1. The van der Waals surface area contributed by atoms with Crippen molar-refractivity contribution in [3.05, 3.63) is 35.4 Å². The highest BCUT2D eigenvalue weighted by Crippen LogP contribution is 2.26. The van der Waals surface area contributed by atoms with Crippen molar-refractivity contribution >= 4 is 5.97 Å². The lowest BCUT2D eigenvalue weighted by Crippen LogP contribution is -2.22. The van der Waals surface area contributed by atoms with Gasteiger partial charge in [-0.1, -0.05) is 24.3 Å². The van der Waals surface area contributed by atoms with E-state index in [0.29, 0.717) is 11.1 Å². The molecule has 2 unspecified atom stereocenters. The number of benzene rings is 1. The van der Waals surface area contributed by atoms with E-state index in [0.717, 1.165) is 0 Å². The fraction of sp³-hybridized carbons (Fsp3) is 0.364. The molecule has 0 aliphatic heterocycles. The zero-order valence-electron chi connectivity index (χ0n) is 8.48. The minimum Gasteiger partial charge on any atom is -0.481 e. The van der Waals surface area contributed by atoms with Gasteiger partial charge in [-0.15, -0.1) is 0 Å². The lowest BCUT2D eigenvalue weighted by atomic mass is 9.92. The molecule has 0 aliphatic rings. The monoisotopic (exact) mass is 211 g/mol. The van der Waals surface area contributed by atoms with E-state index in [4.69, 9.17) is 10.8 Å². The highest BCUT2D eigenvalue weighted by molar-refractivity contribution is 5.77. The Labute approximate surface area is 87.7 Å². The van der Waals surface area contributed by atoms with Gasteiger partial charge in [-0.05, 0) is 18.1 Å². The van der Waals surface area contributed by atoms with Crippen LogP contribution in [0, 0.1) is 0 Å². The predicted octanol–water partition coefficient (Wildman–Crippen LogP) is 1.84. The molecule has 1 aromatic rings. The van der Waals surface area contributed by atoms with E-state index in [1.807, 2.05) is 0 Å². The molecule has 0 heterocycles. The summed E-state index contributed by atoms with van der Waals surface area (Å²) in [6.45, 7) is 1.35. The van der Waals surface area contributed by atoms with Gasteiger partial charge in [0.2, 0.25) is 0 Å². The molecule has 3 nitrogen and oxygen atoms in total. The van der Waals surface area contributed by atoms with Crippen molar-refractivity contribution in [3.8, 4) is 0 Å². The van der Waals surface area contributed by atoms with Crippen LogP contribution in [0.15, 0.2) is 24.3 Å². The molecule has 0 aromatic heterocycles. The summed E-state index contributed by atoms with van der Waals surface area (Å²) < 4.78 is 13.2. The van der Waals surface area contributed by atoms with Gasteiger partial charge in [0.05, 0.1) is 5.92 Å². The van der Waals surface area contributed by atoms with Crippen molar-refractivity contribution in [1.29, 1.82) is 0 Å². The number of halogens is 1. The number of carboxylic acids is 1. The first-order chi connectivity index (χ1) is 7.07. The van der Waals surface area contributed by atoms with Crippen molar-refractivity contribution in [3.63, 3.8) is 0 Å². The summed E-state index contributed by atoms with van der Waals surface area (Å²) >= 11 is 0. The van der Waals surface area contributed by atoms with Crippen LogP contribution in [0.5, 0.6) is 0 Å². The molecular formula is C11H14FNO2. The smallest absolute Gasteiger partial charge is 0.312 e. The number of hydrogen-bond acceptors (Lipinski definition) is 2. The van der Waals surface area contributed by atoms with Gasteiger partial charge < -0.3 is 10.8 Å². The summed E-state index contributed by atoms with van der Waals surface area (Å²) in [6.07, 6.45) is -1.19. The molecule has 2 atom stereocenters. The first-order valence-electron chi connectivity index (χ1n) is 4.73. The molecule has 3 N–H and O–H groups in total. The molecule has 4 heteroatoms. The topological polar surface area (TPSA) is 63.3 Å². The van der Waals surface area contributed by atoms with Crippen LogP contribution in [0.25, 0.3) is 0 Å². The third kappa shape index (κ3) is 2.53. The minimum atomic E-state index is -1.19. The van der Waals surface area contributed by atoms with E-state index in [1.54, 1.807) is 24.3 Å². The first-order valence-corrected chi connectivity index (χ1v) is 4.73. The molecule has 0 fully saturated rings. The van der Waals surface area contributed by atoms with E-state index in [2.05, 4.69) is 0 Å². The quantitative estimate of drug-likeness (QED) is 0.798. The highest BCUT2D eigenvalue weighted by Gasteiger charge is 2.22. The van der Waals surface area contributed by atoms with Gasteiger partial charge in [0.1, 0.15) is 6.17 Å². The number of carboxylic acid groups (broad SMARTS) is 1. The molecule has 0 bridgehead atoms. The van der Waals surface area contributed by atoms with E-state index in [9.17, 15) is 9.18 Å². The summed E-state index contributed by atoms with van der Waals surface area (Å²) in [7, 11) is 0. The second-order valence-electron chi connectivity index (χ2n) is 3.37. The molecule has 0 radical (unpaired) electrons. The first kappa shape index (κ1) is 11.7. The fourth-order valence-corrected chi connectivity index (χ4v) is 1.55. The maximum absolute atomic E-state index is 13.2. The molecule has 82 valence electrons. The lowest BCUT2D eigenvalue weighted by molar-refractivity contribution is -0.138. The number of carbonyl (C=O) groups is 1. The Kier molecular flexibility index (Phi) is 3.80. The van der Waals surface area contributed by atoms with E-state index in [-0.39, 0.29) is 6.54 Å². The Hall–Kier alpha value is -1.42. The van der Waals surface area contributed by atoms with Gasteiger partial charge in [-0.3, -0.25) is 4.79 Å². The summed E-state index contributed by atoms with van der Waals surface area (Å²) in [5.41, 5.74) is 6.23. The molecule has 0 saturated carbocycles. The van der Waals surface area contributed by atoms with Crippen molar-refractivity contribution in [1.82, 2.24) is 0 Å². The number of aliphatic carboxylic acids is 1. The molecule has 0 amide bonds. The SMILES string of the molecule is CC(F)c1ccccc1C(CN)C(=O)O. The van der Waals surface area contributed by atoms with Gasteiger partial charge in [-0.25, -0.2) is 4.39 Å². The Morgan fingerprint density at radius 2 is 2.00 bits per heavy atom. The minimum absolute atomic E-state index is 0.0287. The summed E-state index contributed by atoms with van der Waals surface area (Å²) in [6, 6.07) is 6.57. The average molecular weight is 211 g/mol. The zero-order chi connectivity index (χ0) is 11.4. The Balaban J connectivity index is 3.16. The van der Waals surface area contributed by atoms with Crippen molar-refractivity contribution in [2.45, 2.75) is 19.0 Å². The fourth-order valence-electron chi connectivity index (χ4n) is 1.55.